The number of hydrogen-bond acceptors (Lipinski definition) is 1. The Morgan fingerprint density at radius 3 is 2.79 bits per heavy atom. The van der Waals surface area contributed by atoms with Crippen molar-refractivity contribution in [1.82, 2.24) is 0 Å². The Morgan fingerprint density at radius 2 is 2.14 bits per heavy atom. The average Bonchev–Trinajstić information content (AvgIpc) is 2.63. The lowest BCUT2D eigenvalue weighted by Crippen LogP contribution is -1.84. The molecule has 0 atom stereocenters. The third kappa shape index (κ3) is 1.70. The zero-order valence-electron chi connectivity index (χ0n) is 6.93. The molecule has 0 amide bonds. The van der Waals surface area contributed by atoms with Crippen LogP contribution in [0, 0.1) is 5.82 Å². The molecule has 0 aliphatic carbocycles. The minimum atomic E-state index is -0.468. The third-order valence-electron chi connectivity index (χ3n) is 1.78. The van der Waals surface area contributed by atoms with Gasteiger partial charge in [-0.2, -0.15) is 0 Å². The fourth-order valence-electron chi connectivity index (χ4n) is 1.17. The average molecular weight is 276 g/mol. The molecule has 0 radical (unpaired) electrons. The van der Waals surface area contributed by atoms with Crippen LogP contribution in [-0.2, 0) is 0 Å². The van der Waals surface area contributed by atoms with Crippen LogP contribution in [0.4, 0.5) is 4.39 Å². The molecule has 1 aromatic heterocycles. The molecule has 4 heteroatoms. The summed E-state index contributed by atoms with van der Waals surface area (Å²) in [6.07, 6.45) is 1.49. The number of halogens is 3. The largest absolute Gasteiger partial charge is 0.464 e. The predicted octanol–water partition coefficient (Wildman–Crippen LogP) is 4.50. The first-order chi connectivity index (χ1) is 6.68. The quantitative estimate of drug-likeness (QED) is 0.698. The summed E-state index contributed by atoms with van der Waals surface area (Å²) in [4.78, 5) is 0. The minimum absolute atomic E-state index is 0.0748. The van der Waals surface area contributed by atoms with Crippen molar-refractivity contribution in [3.05, 3.63) is 45.8 Å². The highest BCUT2D eigenvalue weighted by atomic mass is 79.9. The maximum absolute atomic E-state index is 13.5. The molecule has 0 saturated carbocycles. The van der Waals surface area contributed by atoms with Gasteiger partial charge >= 0.3 is 0 Å². The summed E-state index contributed by atoms with van der Waals surface area (Å²) in [5, 5.41) is 0.0748. The van der Waals surface area contributed by atoms with E-state index in [0.29, 0.717) is 11.3 Å². The second kappa shape index (κ2) is 3.75. The summed E-state index contributed by atoms with van der Waals surface area (Å²) in [5.41, 5.74) is 0.356. The molecule has 72 valence electrons. The van der Waals surface area contributed by atoms with E-state index in [2.05, 4.69) is 15.9 Å². The van der Waals surface area contributed by atoms with Crippen LogP contribution in [-0.4, -0.2) is 0 Å². The van der Waals surface area contributed by atoms with E-state index in [9.17, 15) is 4.39 Å². The van der Waals surface area contributed by atoms with E-state index in [1.165, 1.54) is 12.3 Å². The van der Waals surface area contributed by atoms with Crippen LogP contribution in [0.2, 0.25) is 5.02 Å². The van der Waals surface area contributed by atoms with Gasteiger partial charge in [-0.3, -0.25) is 0 Å². The van der Waals surface area contributed by atoms with Crippen molar-refractivity contribution in [3.63, 3.8) is 0 Å². The summed E-state index contributed by atoms with van der Waals surface area (Å²) < 4.78 is 19.3. The molecule has 2 aromatic rings. The number of hydrogen-bond donors (Lipinski definition) is 0. The molecule has 1 heterocycles. The first-order valence-corrected chi connectivity index (χ1v) is 5.04. The van der Waals surface area contributed by atoms with Gasteiger partial charge in [-0.15, -0.1) is 0 Å². The van der Waals surface area contributed by atoms with Crippen LogP contribution in [0.1, 0.15) is 0 Å². The van der Waals surface area contributed by atoms with Crippen LogP contribution < -0.4 is 0 Å². The second-order valence-corrected chi connectivity index (χ2v) is 4.05. The Balaban J connectivity index is 2.64. The molecule has 0 spiro atoms. The smallest absolute Gasteiger partial charge is 0.152 e. The molecule has 0 unspecified atom stereocenters. The highest BCUT2D eigenvalue weighted by Crippen LogP contribution is 2.31. The zero-order valence-corrected chi connectivity index (χ0v) is 9.27. The first-order valence-electron chi connectivity index (χ1n) is 3.87. The van der Waals surface area contributed by atoms with Gasteiger partial charge in [0.25, 0.3) is 0 Å². The van der Waals surface area contributed by atoms with Gasteiger partial charge < -0.3 is 4.42 Å². The summed E-state index contributed by atoms with van der Waals surface area (Å²) >= 11 is 8.93. The normalized spacial score (nSPS) is 10.5. The second-order valence-electron chi connectivity index (χ2n) is 2.73. The van der Waals surface area contributed by atoms with Gasteiger partial charge in [0.15, 0.2) is 5.82 Å². The molecule has 14 heavy (non-hydrogen) atoms. The van der Waals surface area contributed by atoms with Gasteiger partial charge in [0.05, 0.1) is 16.8 Å². The molecule has 0 N–H and O–H groups in total. The van der Waals surface area contributed by atoms with E-state index in [1.54, 1.807) is 18.2 Å². The van der Waals surface area contributed by atoms with Crippen molar-refractivity contribution in [3.8, 4) is 11.3 Å². The van der Waals surface area contributed by atoms with E-state index in [-0.39, 0.29) is 5.02 Å². The Bertz CT molecular complexity index is 453. The SMILES string of the molecule is Fc1c(Cl)cc(Br)cc1-c1ccco1. The van der Waals surface area contributed by atoms with Crippen molar-refractivity contribution in [2.24, 2.45) is 0 Å². The van der Waals surface area contributed by atoms with Gasteiger partial charge in [-0.25, -0.2) is 4.39 Å². The van der Waals surface area contributed by atoms with Crippen LogP contribution in [0.15, 0.2) is 39.4 Å². The van der Waals surface area contributed by atoms with E-state index < -0.39 is 5.82 Å². The highest BCUT2D eigenvalue weighted by molar-refractivity contribution is 9.10. The van der Waals surface area contributed by atoms with Crippen molar-refractivity contribution < 1.29 is 8.81 Å². The summed E-state index contributed by atoms with van der Waals surface area (Å²) in [6, 6.07) is 6.51. The minimum Gasteiger partial charge on any atom is -0.464 e. The Labute approximate surface area is 93.6 Å². The molecule has 1 aromatic carbocycles. The first kappa shape index (κ1) is 9.74. The third-order valence-corrected chi connectivity index (χ3v) is 2.51. The molecule has 2 rings (SSSR count). The fraction of sp³-hybridized carbons (Fsp3) is 0. The van der Waals surface area contributed by atoms with Crippen LogP contribution >= 0.6 is 27.5 Å². The summed E-state index contributed by atoms with van der Waals surface area (Å²) in [7, 11) is 0. The van der Waals surface area contributed by atoms with Crippen molar-refractivity contribution in [2.45, 2.75) is 0 Å². The predicted molar refractivity (Wildman–Crippen MR) is 56.8 cm³/mol. The maximum Gasteiger partial charge on any atom is 0.152 e. The van der Waals surface area contributed by atoms with Gasteiger partial charge in [-0.1, -0.05) is 27.5 Å². The lowest BCUT2D eigenvalue weighted by Gasteiger charge is -2.02. The van der Waals surface area contributed by atoms with Crippen molar-refractivity contribution >= 4 is 27.5 Å². The van der Waals surface area contributed by atoms with E-state index in [1.807, 2.05) is 0 Å². The monoisotopic (exact) mass is 274 g/mol. The molecule has 0 aliphatic heterocycles. The molecule has 0 bridgehead atoms. The topological polar surface area (TPSA) is 13.1 Å². The van der Waals surface area contributed by atoms with Crippen LogP contribution in [0.25, 0.3) is 11.3 Å². The Hall–Kier alpha value is -0.800. The molecular formula is C10H5BrClFO. The number of furan rings is 1. The maximum atomic E-state index is 13.5. The number of benzene rings is 1. The molecule has 0 saturated heterocycles. The summed E-state index contributed by atoms with van der Waals surface area (Å²) in [5.74, 6) is -0.00415. The zero-order chi connectivity index (χ0) is 10.1. The lowest BCUT2D eigenvalue weighted by molar-refractivity contribution is 0.569. The van der Waals surface area contributed by atoms with Crippen molar-refractivity contribution in [1.29, 1.82) is 0 Å². The van der Waals surface area contributed by atoms with E-state index in [0.717, 1.165) is 4.47 Å². The molecule has 0 fully saturated rings. The van der Waals surface area contributed by atoms with Crippen LogP contribution in [0.5, 0.6) is 0 Å². The molecular weight excluding hydrogens is 270 g/mol. The van der Waals surface area contributed by atoms with E-state index >= 15 is 0 Å². The van der Waals surface area contributed by atoms with Crippen molar-refractivity contribution in [2.75, 3.05) is 0 Å². The van der Waals surface area contributed by atoms with Crippen LogP contribution in [0.3, 0.4) is 0 Å². The summed E-state index contributed by atoms with van der Waals surface area (Å²) in [6.45, 7) is 0. The van der Waals surface area contributed by atoms with Gasteiger partial charge in [0, 0.05) is 4.47 Å². The van der Waals surface area contributed by atoms with E-state index in [4.69, 9.17) is 16.0 Å². The lowest BCUT2D eigenvalue weighted by atomic mass is 10.1. The van der Waals surface area contributed by atoms with Gasteiger partial charge in [0.2, 0.25) is 0 Å². The molecule has 0 aliphatic rings. The Morgan fingerprint density at radius 1 is 1.36 bits per heavy atom. The molecule has 1 nitrogen and oxygen atoms in total. The van der Waals surface area contributed by atoms with Gasteiger partial charge in [0.1, 0.15) is 5.76 Å². The standard InChI is InChI=1S/C10H5BrClFO/c11-6-4-7(9-2-1-3-14-9)10(13)8(12)5-6/h1-5H. The fourth-order valence-corrected chi connectivity index (χ4v) is 1.98. The number of rotatable bonds is 1. The van der Waals surface area contributed by atoms with Gasteiger partial charge in [-0.05, 0) is 24.3 Å². The Kier molecular flexibility index (Phi) is 2.61. The highest BCUT2D eigenvalue weighted by Gasteiger charge is 2.12.